The zero-order valence-corrected chi connectivity index (χ0v) is 26.5. The van der Waals surface area contributed by atoms with Crippen LogP contribution in [0.3, 0.4) is 0 Å². The van der Waals surface area contributed by atoms with Crippen LogP contribution in [-0.2, 0) is 16.1 Å². The van der Waals surface area contributed by atoms with Gasteiger partial charge in [-0.1, -0.05) is 71.0 Å². The van der Waals surface area contributed by atoms with E-state index in [9.17, 15) is 19.7 Å². The van der Waals surface area contributed by atoms with E-state index in [4.69, 9.17) is 21.1 Å². The van der Waals surface area contributed by atoms with Crippen LogP contribution in [0.25, 0.3) is 6.08 Å². The molecule has 0 unspecified atom stereocenters. The van der Waals surface area contributed by atoms with Crippen molar-refractivity contribution in [2.24, 2.45) is 4.99 Å². The van der Waals surface area contributed by atoms with Gasteiger partial charge in [-0.25, -0.2) is 9.79 Å². The number of esters is 1. The van der Waals surface area contributed by atoms with E-state index in [1.165, 1.54) is 10.6 Å². The highest BCUT2D eigenvalue weighted by Crippen LogP contribution is 2.37. The predicted molar refractivity (Wildman–Crippen MR) is 168 cm³/mol. The molecule has 0 aliphatic carbocycles. The summed E-state index contributed by atoms with van der Waals surface area (Å²) in [6, 6.07) is 16.9. The standard InChI is InChI=1S/C31H25BrClN3O6S/c1-4-41-30(38)26-18(3)34-31-35(27(26)20-11-9-17(2)10-12-20)29(37)25(43-31)15-19-13-22(32)28(24(14-19)36(39)40)42-16-21-7-5-6-8-23(21)33/h5-15,27H,4,16H2,1-3H3/b25-15-/t27-/m1/s1. The van der Waals surface area contributed by atoms with Gasteiger partial charge >= 0.3 is 11.7 Å². The molecule has 1 aliphatic heterocycles. The fourth-order valence-corrected chi connectivity index (χ4v) is 6.55. The first-order valence-electron chi connectivity index (χ1n) is 13.2. The van der Waals surface area contributed by atoms with Crippen LogP contribution in [-0.4, -0.2) is 22.1 Å². The molecule has 4 aromatic rings. The molecule has 0 radical (unpaired) electrons. The van der Waals surface area contributed by atoms with Gasteiger partial charge in [0.1, 0.15) is 6.61 Å². The van der Waals surface area contributed by atoms with Crippen LogP contribution in [0.5, 0.6) is 5.75 Å². The van der Waals surface area contributed by atoms with Crippen molar-refractivity contribution in [3.8, 4) is 5.75 Å². The number of halogens is 2. The number of ether oxygens (including phenoxy) is 2. The quantitative estimate of drug-likeness (QED) is 0.128. The van der Waals surface area contributed by atoms with Gasteiger partial charge in [-0.3, -0.25) is 19.5 Å². The molecule has 12 heteroatoms. The fourth-order valence-electron chi connectivity index (χ4n) is 4.73. The molecule has 2 heterocycles. The molecular weight excluding hydrogens is 658 g/mol. The lowest BCUT2D eigenvalue weighted by atomic mass is 9.95. The van der Waals surface area contributed by atoms with E-state index < -0.39 is 16.9 Å². The molecule has 0 saturated carbocycles. The number of thiazole rings is 1. The number of rotatable bonds is 8. The molecular formula is C31H25BrClN3O6S. The molecule has 9 nitrogen and oxygen atoms in total. The lowest BCUT2D eigenvalue weighted by molar-refractivity contribution is -0.386. The summed E-state index contributed by atoms with van der Waals surface area (Å²) < 4.78 is 13.3. The van der Waals surface area contributed by atoms with E-state index in [1.54, 1.807) is 50.3 Å². The van der Waals surface area contributed by atoms with Crippen LogP contribution in [0.2, 0.25) is 5.02 Å². The molecule has 0 amide bonds. The van der Waals surface area contributed by atoms with Gasteiger partial charge in [-0.2, -0.15) is 0 Å². The molecule has 5 rings (SSSR count). The number of nitro benzene ring substituents is 1. The monoisotopic (exact) mass is 681 g/mol. The summed E-state index contributed by atoms with van der Waals surface area (Å²) in [4.78, 5) is 43.4. The number of allylic oxidation sites excluding steroid dienone is 1. The van der Waals surface area contributed by atoms with Gasteiger partial charge in [0.15, 0.2) is 4.80 Å². The second-order valence-corrected chi connectivity index (χ2v) is 12.0. The average Bonchev–Trinajstić information content (AvgIpc) is 3.26. The normalized spacial score (nSPS) is 14.7. The number of benzene rings is 3. The van der Waals surface area contributed by atoms with Crippen molar-refractivity contribution >= 4 is 56.6 Å². The number of nitro groups is 1. The first-order valence-corrected chi connectivity index (χ1v) is 15.2. The summed E-state index contributed by atoms with van der Waals surface area (Å²) >= 11 is 10.8. The van der Waals surface area contributed by atoms with E-state index >= 15 is 0 Å². The average molecular weight is 683 g/mol. The Kier molecular flexibility index (Phi) is 8.95. The number of carbonyl (C=O) groups excluding carboxylic acids is 1. The lowest BCUT2D eigenvalue weighted by Gasteiger charge is -2.24. The van der Waals surface area contributed by atoms with E-state index in [1.807, 2.05) is 31.2 Å². The van der Waals surface area contributed by atoms with E-state index in [0.29, 0.717) is 35.7 Å². The molecule has 0 N–H and O–H groups in total. The second-order valence-electron chi connectivity index (χ2n) is 9.70. The van der Waals surface area contributed by atoms with Crippen molar-refractivity contribution in [2.75, 3.05) is 6.61 Å². The van der Waals surface area contributed by atoms with Gasteiger partial charge in [0.2, 0.25) is 5.75 Å². The topological polar surface area (TPSA) is 113 Å². The number of hydrogen-bond acceptors (Lipinski definition) is 8. The number of aryl methyl sites for hydroxylation is 1. The van der Waals surface area contributed by atoms with Crippen molar-refractivity contribution in [1.29, 1.82) is 0 Å². The van der Waals surface area contributed by atoms with Gasteiger partial charge in [-0.05, 0) is 66.0 Å². The summed E-state index contributed by atoms with van der Waals surface area (Å²) in [5.41, 5.74) is 2.91. The maximum Gasteiger partial charge on any atom is 0.338 e. The van der Waals surface area contributed by atoms with E-state index in [-0.39, 0.29) is 35.8 Å². The van der Waals surface area contributed by atoms with Gasteiger partial charge in [0.25, 0.3) is 5.56 Å². The third-order valence-electron chi connectivity index (χ3n) is 6.78. The third kappa shape index (κ3) is 6.20. The highest BCUT2D eigenvalue weighted by atomic mass is 79.9. The van der Waals surface area contributed by atoms with Crippen LogP contribution >= 0.6 is 38.9 Å². The first-order chi connectivity index (χ1) is 20.6. The number of carbonyl (C=O) groups is 1. The van der Waals surface area contributed by atoms with Crippen LogP contribution in [0.15, 0.2) is 86.2 Å². The largest absolute Gasteiger partial charge is 0.481 e. The van der Waals surface area contributed by atoms with E-state index in [0.717, 1.165) is 22.5 Å². The summed E-state index contributed by atoms with van der Waals surface area (Å²) in [5.74, 6) is -0.506. The predicted octanol–water partition coefficient (Wildman–Crippen LogP) is 6.01. The van der Waals surface area contributed by atoms with Gasteiger partial charge in [0, 0.05) is 16.7 Å². The zero-order chi connectivity index (χ0) is 30.8. The number of fused-ring (bicyclic) bond motifs is 1. The molecule has 1 aromatic heterocycles. The van der Waals surface area contributed by atoms with Crippen molar-refractivity contribution < 1.29 is 19.2 Å². The Labute approximate surface area is 263 Å². The Morgan fingerprint density at radius 3 is 2.58 bits per heavy atom. The Balaban J connectivity index is 1.60. The van der Waals surface area contributed by atoms with Gasteiger partial charge < -0.3 is 9.47 Å². The molecule has 43 heavy (non-hydrogen) atoms. The smallest absolute Gasteiger partial charge is 0.338 e. The van der Waals surface area contributed by atoms with Crippen molar-refractivity contribution in [1.82, 2.24) is 4.57 Å². The molecule has 0 fully saturated rings. The molecule has 3 aromatic carbocycles. The Bertz CT molecular complexity index is 1970. The fraction of sp³-hybridized carbons (Fsp3) is 0.194. The lowest BCUT2D eigenvalue weighted by Crippen LogP contribution is -2.39. The second kappa shape index (κ2) is 12.7. The minimum atomic E-state index is -0.750. The Hall–Kier alpha value is -4.06. The molecule has 1 atom stereocenters. The summed E-state index contributed by atoms with van der Waals surface area (Å²) in [7, 11) is 0. The molecule has 0 saturated heterocycles. The van der Waals surface area contributed by atoms with Gasteiger partial charge in [-0.15, -0.1) is 0 Å². The summed E-state index contributed by atoms with van der Waals surface area (Å²) in [5, 5.41) is 12.5. The highest BCUT2D eigenvalue weighted by molar-refractivity contribution is 9.10. The van der Waals surface area contributed by atoms with Gasteiger partial charge in [0.05, 0.1) is 37.8 Å². The highest BCUT2D eigenvalue weighted by Gasteiger charge is 2.33. The maximum atomic E-state index is 13.9. The zero-order valence-electron chi connectivity index (χ0n) is 23.3. The van der Waals surface area contributed by atoms with Crippen LogP contribution in [0.4, 0.5) is 5.69 Å². The summed E-state index contributed by atoms with van der Waals surface area (Å²) in [6.07, 6.45) is 1.56. The number of aromatic nitrogens is 1. The SMILES string of the molecule is CCOC(=O)C1=C(C)N=c2s/c(=C\c3cc(Br)c(OCc4ccccc4Cl)c([N+](=O)[O-])c3)c(=O)n2[C@@H]1c1ccc(C)cc1. The van der Waals surface area contributed by atoms with Crippen molar-refractivity contribution in [3.05, 3.63) is 133 Å². The molecule has 0 bridgehead atoms. The van der Waals surface area contributed by atoms with Crippen molar-refractivity contribution in [2.45, 2.75) is 33.4 Å². The Morgan fingerprint density at radius 1 is 1.19 bits per heavy atom. The Morgan fingerprint density at radius 2 is 1.91 bits per heavy atom. The number of nitrogens with zero attached hydrogens (tertiary/aromatic N) is 3. The third-order valence-corrected chi connectivity index (χ3v) is 8.72. The van der Waals surface area contributed by atoms with Crippen LogP contribution < -0.4 is 19.6 Å². The minimum Gasteiger partial charge on any atom is -0.481 e. The molecule has 1 aliphatic rings. The van der Waals surface area contributed by atoms with Crippen LogP contribution in [0.1, 0.15) is 42.1 Å². The van der Waals surface area contributed by atoms with Crippen LogP contribution in [0, 0.1) is 17.0 Å². The maximum absolute atomic E-state index is 13.9. The summed E-state index contributed by atoms with van der Waals surface area (Å²) in [6.45, 7) is 5.58. The number of hydrogen-bond donors (Lipinski definition) is 0. The minimum absolute atomic E-state index is 0.0260. The van der Waals surface area contributed by atoms with Crippen molar-refractivity contribution in [3.63, 3.8) is 0 Å². The molecule has 220 valence electrons. The first kappa shape index (κ1) is 30.4. The molecule has 0 spiro atoms. The van der Waals surface area contributed by atoms with E-state index in [2.05, 4.69) is 20.9 Å².